The van der Waals surface area contributed by atoms with Crippen LogP contribution in [0.1, 0.15) is 55.6 Å². The van der Waals surface area contributed by atoms with Gasteiger partial charge < -0.3 is 9.80 Å². The van der Waals surface area contributed by atoms with Gasteiger partial charge >= 0.3 is 0 Å². The molecule has 33 heavy (non-hydrogen) atoms. The molecule has 5 heterocycles. The summed E-state index contributed by atoms with van der Waals surface area (Å²) in [6.45, 7) is 10.3. The van der Waals surface area contributed by atoms with Crippen molar-refractivity contribution in [3.8, 4) is 11.1 Å². The Hall–Kier alpha value is -3.09. The van der Waals surface area contributed by atoms with Crippen LogP contribution in [-0.2, 0) is 0 Å². The molecular weight excluding hydrogens is 410 g/mol. The standard InChI is InChI=1S/C26H33N7/c1-18-7-5-11-32(16-18)25-28-15-23(21-8-4-10-27-14-21)24(31-25)22-9-6-12-33(17-22)26-29-19(2)13-20(3)30-26/h4,8,10,13-15,18,22H,5-7,9,11-12,16-17H2,1-3H3/t18-,22-/m0/s1. The van der Waals surface area contributed by atoms with Gasteiger partial charge in [-0.25, -0.2) is 19.9 Å². The second-order valence-electron chi connectivity index (χ2n) is 9.64. The van der Waals surface area contributed by atoms with E-state index < -0.39 is 0 Å². The SMILES string of the molecule is Cc1cc(C)nc(N2CCC[C@H](c3nc(N4CCC[C@H](C)C4)ncc3-c3cccnc3)C2)n1. The largest absolute Gasteiger partial charge is 0.341 e. The van der Waals surface area contributed by atoms with Gasteiger partial charge in [-0.3, -0.25) is 4.98 Å². The van der Waals surface area contributed by atoms with Gasteiger partial charge in [0.1, 0.15) is 0 Å². The zero-order chi connectivity index (χ0) is 22.8. The Kier molecular flexibility index (Phi) is 6.20. The van der Waals surface area contributed by atoms with Crippen LogP contribution in [0.5, 0.6) is 0 Å². The van der Waals surface area contributed by atoms with Gasteiger partial charge in [0.2, 0.25) is 11.9 Å². The molecule has 172 valence electrons. The van der Waals surface area contributed by atoms with Gasteiger partial charge in [0.25, 0.3) is 0 Å². The first-order valence-corrected chi connectivity index (χ1v) is 12.2. The molecule has 2 atom stereocenters. The summed E-state index contributed by atoms with van der Waals surface area (Å²) < 4.78 is 0. The Bertz CT molecular complexity index is 1080. The monoisotopic (exact) mass is 443 g/mol. The Morgan fingerprint density at radius 3 is 2.36 bits per heavy atom. The van der Waals surface area contributed by atoms with E-state index in [1.807, 2.05) is 44.6 Å². The van der Waals surface area contributed by atoms with Crippen molar-refractivity contribution in [1.29, 1.82) is 0 Å². The van der Waals surface area contributed by atoms with Crippen LogP contribution in [0.2, 0.25) is 0 Å². The van der Waals surface area contributed by atoms with Crippen LogP contribution in [0.15, 0.2) is 36.8 Å². The predicted molar refractivity (Wildman–Crippen MR) is 132 cm³/mol. The highest BCUT2D eigenvalue weighted by atomic mass is 15.3. The van der Waals surface area contributed by atoms with Gasteiger partial charge in [0.15, 0.2) is 0 Å². The van der Waals surface area contributed by atoms with E-state index in [4.69, 9.17) is 19.9 Å². The molecule has 0 bridgehead atoms. The lowest BCUT2D eigenvalue weighted by Gasteiger charge is -2.35. The Morgan fingerprint density at radius 1 is 0.879 bits per heavy atom. The maximum atomic E-state index is 5.21. The van der Waals surface area contributed by atoms with Crippen molar-refractivity contribution in [2.75, 3.05) is 36.0 Å². The van der Waals surface area contributed by atoms with Crippen molar-refractivity contribution < 1.29 is 0 Å². The number of nitrogens with zero attached hydrogens (tertiary/aromatic N) is 7. The van der Waals surface area contributed by atoms with Crippen molar-refractivity contribution in [2.24, 2.45) is 5.92 Å². The Balaban J connectivity index is 1.50. The smallest absolute Gasteiger partial charge is 0.225 e. The topological polar surface area (TPSA) is 70.9 Å². The molecular formula is C26H33N7. The molecule has 0 radical (unpaired) electrons. The van der Waals surface area contributed by atoms with Crippen molar-refractivity contribution >= 4 is 11.9 Å². The van der Waals surface area contributed by atoms with Crippen molar-refractivity contribution in [3.05, 3.63) is 53.9 Å². The van der Waals surface area contributed by atoms with Crippen LogP contribution in [0.3, 0.4) is 0 Å². The highest BCUT2D eigenvalue weighted by Gasteiger charge is 2.28. The van der Waals surface area contributed by atoms with Crippen molar-refractivity contribution in [3.63, 3.8) is 0 Å². The molecule has 0 aliphatic carbocycles. The first-order valence-electron chi connectivity index (χ1n) is 12.2. The van der Waals surface area contributed by atoms with Crippen LogP contribution in [0, 0.1) is 19.8 Å². The van der Waals surface area contributed by atoms with Crippen LogP contribution in [-0.4, -0.2) is 51.1 Å². The molecule has 2 aliphatic heterocycles. The molecule has 5 rings (SSSR count). The Morgan fingerprint density at radius 2 is 1.64 bits per heavy atom. The van der Waals surface area contributed by atoms with Gasteiger partial charge in [0, 0.05) is 73.2 Å². The maximum Gasteiger partial charge on any atom is 0.225 e. The molecule has 0 N–H and O–H groups in total. The van der Waals surface area contributed by atoms with Gasteiger partial charge in [0.05, 0.1) is 5.69 Å². The molecule has 0 aromatic carbocycles. The van der Waals surface area contributed by atoms with Crippen LogP contribution in [0.4, 0.5) is 11.9 Å². The number of hydrogen-bond donors (Lipinski definition) is 0. The number of pyridine rings is 1. The second-order valence-corrected chi connectivity index (χ2v) is 9.64. The molecule has 0 spiro atoms. The van der Waals surface area contributed by atoms with Gasteiger partial charge in [-0.05, 0) is 57.6 Å². The number of hydrogen-bond acceptors (Lipinski definition) is 7. The van der Waals surface area contributed by atoms with Crippen molar-refractivity contribution in [2.45, 2.75) is 52.4 Å². The number of piperidine rings is 2. The average Bonchev–Trinajstić information content (AvgIpc) is 2.84. The van der Waals surface area contributed by atoms with E-state index >= 15 is 0 Å². The summed E-state index contributed by atoms with van der Waals surface area (Å²) in [6.07, 6.45) is 10.4. The third-order valence-electron chi connectivity index (χ3n) is 6.78. The zero-order valence-electron chi connectivity index (χ0n) is 19.9. The average molecular weight is 444 g/mol. The van der Waals surface area contributed by atoms with E-state index in [1.165, 1.54) is 12.8 Å². The number of rotatable bonds is 4. The lowest BCUT2D eigenvalue weighted by atomic mass is 9.90. The van der Waals surface area contributed by atoms with E-state index in [2.05, 4.69) is 27.8 Å². The second kappa shape index (κ2) is 9.41. The molecule has 2 saturated heterocycles. The summed E-state index contributed by atoms with van der Waals surface area (Å²) in [6, 6.07) is 6.11. The molecule has 7 nitrogen and oxygen atoms in total. The van der Waals surface area contributed by atoms with Gasteiger partial charge in [-0.15, -0.1) is 0 Å². The predicted octanol–water partition coefficient (Wildman–Crippen LogP) is 4.57. The third kappa shape index (κ3) is 4.82. The molecule has 0 unspecified atom stereocenters. The first kappa shape index (κ1) is 21.7. The van der Waals surface area contributed by atoms with E-state index in [0.717, 1.165) is 79.1 Å². The van der Waals surface area contributed by atoms with Crippen molar-refractivity contribution in [1.82, 2.24) is 24.9 Å². The quantitative estimate of drug-likeness (QED) is 0.585. The molecule has 2 aliphatic rings. The van der Waals surface area contributed by atoms with E-state index in [9.17, 15) is 0 Å². The Labute approximate surface area is 196 Å². The summed E-state index contributed by atoms with van der Waals surface area (Å²) in [7, 11) is 0. The number of aryl methyl sites for hydroxylation is 2. The van der Waals surface area contributed by atoms with Gasteiger partial charge in [-0.2, -0.15) is 0 Å². The lowest BCUT2D eigenvalue weighted by Crippen LogP contribution is -2.37. The van der Waals surface area contributed by atoms with Crippen LogP contribution >= 0.6 is 0 Å². The van der Waals surface area contributed by atoms with Gasteiger partial charge in [-0.1, -0.05) is 13.0 Å². The minimum absolute atomic E-state index is 0.294. The lowest BCUT2D eigenvalue weighted by molar-refractivity contribution is 0.440. The van der Waals surface area contributed by atoms with Crippen LogP contribution < -0.4 is 9.80 Å². The minimum Gasteiger partial charge on any atom is -0.341 e. The summed E-state index contributed by atoms with van der Waals surface area (Å²) in [5.74, 6) is 2.67. The summed E-state index contributed by atoms with van der Waals surface area (Å²) in [4.78, 5) is 28.5. The molecule has 7 heteroatoms. The van der Waals surface area contributed by atoms with E-state index in [-0.39, 0.29) is 0 Å². The molecule has 2 fully saturated rings. The minimum atomic E-state index is 0.294. The fourth-order valence-corrected chi connectivity index (χ4v) is 5.20. The molecule has 0 amide bonds. The molecule has 0 saturated carbocycles. The van der Waals surface area contributed by atoms with Crippen LogP contribution in [0.25, 0.3) is 11.1 Å². The maximum absolute atomic E-state index is 5.21. The summed E-state index contributed by atoms with van der Waals surface area (Å²) in [5, 5.41) is 0. The van der Waals surface area contributed by atoms with E-state index in [0.29, 0.717) is 11.8 Å². The normalized spacial score (nSPS) is 21.3. The fraction of sp³-hybridized carbons (Fsp3) is 0.500. The third-order valence-corrected chi connectivity index (χ3v) is 6.78. The number of anilines is 2. The summed E-state index contributed by atoms with van der Waals surface area (Å²) >= 11 is 0. The number of aromatic nitrogens is 5. The zero-order valence-corrected chi connectivity index (χ0v) is 19.9. The summed E-state index contributed by atoms with van der Waals surface area (Å²) in [5.41, 5.74) is 5.31. The van der Waals surface area contributed by atoms with E-state index in [1.54, 1.807) is 0 Å². The molecule has 3 aromatic heterocycles. The first-order chi connectivity index (χ1) is 16.1. The molecule has 3 aromatic rings. The highest BCUT2D eigenvalue weighted by molar-refractivity contribution is 5.66. The fourth-order valence-electron chi connectivity index (χ4n) is 5.20. The highest BCUT2D eigenvalue weighted by Crippen LogP contribution is 2.35.